The third kappa shape index (κ3) is 2.54. The third-order valence-electron chi connectivity index (χ3n) is 3.05. The van der Waals surface area contributed by atoms with Crippen LogP contribution in [0.3, 0.4) is 0 Å². The lowest BCUT2D eigenvalue weighted by Gasteiger charge is -2.10. The summed E-state index contributed by atoms with van der Waals surface area (Å²) in [6, 6.07) is 4.46. The average molecular weight is 269 g/mol. The normalized spacial score (nSPS) is 12.7. The number of rotatable bonds is 3. The summed E-state index contributed by atoms with van der Waals surface area (Å²) in [5, 5.41) is 14.3. The highest BCUT2D eigenvalue weighted by atomic mass is 35.5. The van der Waals surface area contributed by atoms with E-state index in [1.165, 1.54) is 12.1 Å². The number of hydrogen-bond donors (Lipinski definition) is 1. The van der Waals surface area contributed by atoms with Crippen molar-refractivity contribution < 1.29 is 9.50 Å². The molecule has 0 radical (unpaired) electrons. The number of hydrogen-bond acceptors (Lipinski definition) is 2. The average Bonchev–Trinajstić information content (AvgIpc) is 2.65. The van der Waals surface area contributed by atoms with Crippen LogP contribution in [0.1, 0.15) is 22.9 Å². The molecule has 3 nitrogen and oxygen atoms in total. The van der Waals surface area contributed by atoms with Gasteiger partial charge in [0.05, 0.1) is 17.3 Å². The molecule has 2 rings (SSSR count). The highest BCUT2D eigenvalue weighted by Crippen LogP contribution is 2.23. The Morgan fingerprint density at radius 1 is 1.50 bits per heavy atom. The summed E-state index contributed by atoms with van der Waals surface area (Å²) in [6.07, 6.45) is 1.36. The highest BCUT2D eigenvalue weighted by molar-refractivity contribution is 6.30. The van der Waals surface area contributed by atoms with Gasteiger partial charge in [0.25, 0.3) is 0 Å². The van der Waals surface area contributed by atoms with E-state index in [1.807, 2.05) is 14.0 Å². The second-order valence-electron chi connectivity index (χ2n) is 4.28. The minimum Gasteiger partial charge on any atom is -0.388 e. The minimum absolute atomic E-state index is 0.0719. The summed E-state index contributed by atoms with van der Waals surface area (Å²) in [5.74, 6) is -0.451. The third-order valence-corrected chi connectivity index (χ3v) is 3.33. The Hall–Kier alpha value is -1.39. The zero-order chi connectivity index (χ0) is 13.3. The number of nitrogens with zero attached hydrogens (tertiary/aromatic N) is 2. The predicted molar refractivity (Wildman–Crippen MR) is 68.0 cm³/mol. The zero-order valence-electron chi connectivity index (χ0n) is 10.2. The summed E-state index contributed by atoms with van der Waals surface area (Å²) in [6.45, 7) is 1.89. The second-order valence-corrected chi connectivity index (χ2v) is 4.68. The molecule has 0 saturated heterocycles. The fraction of sp³-hybridized carbons (Fsp3) is 0.308. The van der Waals surface area contributed by atoms with Gasteiger partial charge in [-0.25, -0.2) is 4.39 Å². The van der Waals surface area contributed by atoms with E-state index in [2.05, 4.69) is 5.10 Å². The Labute approximate surface area is 110 Å². The van der Waals surface area contributed by atoms with E-state index in [4.69, 9.17) is 11.6 Å². The fourth-order valence-electron chi connectivity index (χ4n) is 1.84. The Balaban J connectivity index is 2.18. The molecule has 0 amide bonds. The highest BCUT2D eigenvalue weighted by Gasteiger charge is 2.15. The SMILES string of the molecule is Cc1c(C(O)Cc2ccc(F)c(Cl)c2)cnn1C. The van der Waals surface area contributed by atoms with Crippen molar-refractivity contribution in [2.75, 3.05) is 0 Å². The van der Waals surface area contributed by atoms with Crippen LogP contribution in [0.5, 0.6) is 0 Å². The first-order chi connectivity index (χ1) is 8.49. The number of aromatic nitrogens is 2. The summed E-state index contributed by atoms with van der Waals surface area (Å²) in [5.41, 5.74) is 2.48. The molecule has 0 bridgehead atoms. The topological polar surface area (TPSA) is 38.1 Å². The van der Waals surface area contributed by atoms with Crippen LogP contribution in [0, 0.1) is 12.7 Å². The quantitative estimate of drug-likeness (QED) is 0.930. The fourth-order valence-corrected chi connectivity index (χ4v) is 2.05. The van der Waals surface area contributed by atoms with Crippen molar-refractivity contribution in [3.8, 4) is 0 Å². The van der Waals surface area contributed by atoms with Gasteiger partial charge >= 0.3 is 0 Å². The summed E-state index contributed by atoms with van der Waals surface area (Å²) >= 11 is 5.71. The molecular weight excluding hydrogens is 255 g/mol. The number of aliphatic hydroxyl groups excluding tert-OH is 1. The van der Waals surface area contributed by atoms with Gasteiger partial charge in [-0.1, -0.05) is 17.7 Å². The molecule has 96 valence electrons. The lowest BCUT2D eigenvalue weighted by molar-refractivity contribution is 0.177. The van der Waals surface area contributed by atoms with Crippen LogP contribution < -0.4 is 0 Å². The number of halogens is 2. The van der Waals surface area contributed by atoms with Crippen LogP contribution in [0.15, 0.2) is 24.4 Å². The molecule has 0 fully saturated rings. The van der Waals surface area contributed by atoms with Gasteiger partial charge in [0.15, 0.2) is 0 Å². The Morgan fingerprint density at radius 3 is 2.78 bits per heavy atom. The van der Waals surface area contributed by atoms with E-state index in [1.54, 1.807) is 16.9 Å². The molecule has 1 aromatic carbocycles. The van der Waals surface area contributed by atoms with E-state index in [0.717, 1.165) is 16.8 Å². The smallest absolute Gasteiger partial charge is 0.141 e. The van der Waals surface area contributed by atoms with Gasteiger partial charge in [-0.05, 0) is 24.6 Å². The van der Waals surface area contributed by atoms with Gasteiger partial charge in [-0.3, -0.25) is 4.68 Å². The van der Waals surface area contributed by atoms with Crippen molar-refractivity contribution in [3.63, 3.8) is 0 Å². The maximum atomic E-state index is 13.0. The lowest BCUT2D eigenvalue weighted by Crippen LogP contribution is -2.04. The molecule has 1 atom stereocenters. The molecule has 18 heavy (non-hydrogen) atoms. The molecule has 0 saturated carbocycles. The van der Waals surface area contributed by atoms with Gasteiger partial charge in [-0.15, -0.1) is 0 Å². The van der Waals surface area contributed by atoms with Gasteiger partial charge in [0.1, 0.15) is 5.82 Å². The number of benzene rings is 1. The van der Waals surface area contributed by atoms with Crippen LogP contribution in [-0.4, -0.2) is 14.9 Å². The largest absolute Gasteiger partial charge is 0.388 e. The maximum Gasteiger partial charge on any atom is 0.141 e. The van der Waals surface area contributed by atoms with Gasteiger partial charge in [0, 0.05) is 24.7 Å². The van der Waals surface area contributed by atoms with Crippen molar-refractivity contribution in [1.82, 2.24) is 9.78 Å². The number of aryl methyl sites for hydroxylation is 1. The van der Waals surface area contributed by atoms with Gasteiger partial charge < -0.3 is 5.11 Å². The molecule has 0 aliphatic heterocycles. The van der Waals surface area contributed by atoms with E-state index in [9.17, 15) is 9.50 Å². The van der Waals surface area contributed by atoms with Gasteiger partial charge in [-0.2, -0.15) is 5.10 Å². The van der Waals surface area contributed by atoms with Crippen LogP contribution >= 0.6 is 11.6 Å². The Bertz CT molecular complexity index is 568. The predicted octanol–water partition coefficient (Wildman–Crippen LogP) is 2.80. The zero-order valence-corrected chi connectivity index (χ0v) is 10.9. The van der Waals surface area contributed by atoms with Crippen molar-refractivity contribution in [3.05, 3.63) is 52.1 Å². The Kier molecular flexibility index (Phi) is 3.68. The Morgan fingerprint density at radius 2 is 2.22 bits per heavy atom. The van der Waals surface area contributed by atoms with Gasteiger partial charge in [0.2, 0.25) is 0 Å². The first-order valence-corrected chi connectivity index (χ1v) is 5.97. The molecule has 0 spiro atoms. The van der Waals surface area contributed by atoms with Crippen LogP contribution in [0.25, 0.3) is 0 Å². The second kappa shape index (κ2) is 5.08. The van der Waals surface area contributed by atoms with Crippen molar-refractivity contribution in [2.45, 2.75) is 19.4 Å². The molecule has 0 aliphatic carbocycles. The molecule has 1 unspecified atom stereocenters. The number of aliphatic hydroxyl groups is 1. The van der Waals surface area contributed by atoms with E-state index in [-0.39, 0.29) is 5.02 Å². The van der Waals surface area contributed by atoms with E-state index in [0.29, 0.717) is 6.42 Å². The van der Waals surface area contributed by atoms with Crippen molar-refractivity contribution >= 4 is 11.6 Å². The summed E-state index contributed by atoms with van der Waals surface area (Å²) in [7, 11) is 1.82. The molecule has 1 heterocycles. The molecule has 1 N–H and O–H groups in total. The van der Waals surface area contributed by atoms with Crippen molar-refractivity contribution in [2.24, 2.45) is 7.05 Å². The lowest BCUT2D eigenvalue weighted by atomic mass is 10.0. The van der Waals surface area contributed by atoms with Crippen LogP contribution in [0.4, 0.5) is 4.39 Å². The van der Waals surface area contributed by atoms with E-state index < -0.39 is 11.9 Å². The molecular formula is C13H14ClFN2O. The molecule has 1 aromatic heterocycles. The summed E-state index contributed by atoms with van der Waals surface area (Å²) < 4.78 is 14.7. The molecule has 2 aromatic rings. The monoisotopic (exact) mass is 268 g/mol. The first kappa shape index (κ1) is 13.1. The first-order valence-electron chi connectivity index (χ1n) is 5.59. The van der Waals surface area contributed by atoms with Crippen LogP contribution in [-0.2, 0) is 13.5 Å². The molecule has 5 heteroatoms. The summed E-state index contributed by atoms with van der Waals surface area (Å²) in [4.78, 5) is 0. The maximum absolute atomic E-state index is 13.0. The van der Waals surface area contributed by atoms with E-state index >= 15 is 0 Å². The van der Waals surface area contributed by atoms with Crippen LogP contribution in [0.2, 0.25) is 5.02 Å². The van der Waals surface area contributed by atoms with Crippen molar-refractivity contribution in [1.29, 1.82) is 0 Å². The minimum atomic E-state index is -0.666. The molecule has 0 aliphatic rings. The standard InChI is InChI=1S/C13H14ClFN2O/c1-8-10(7-16-17(8)2)13(18)6-9-3-4-12(15)11(14)5-9/h3-5,7,13,18H,6H2,1-2H3.